The smallest absolute Gasteiger partial charge is 0.293 e. The lowest BCUT2D eigenvalue weighted by Gasteiger charge is -2.27. The lowest BCUT2D eigenvalue weighted by atomic mass is 10.1. The van der Waals surface area contributed by atoms with E-state index in [2.05, 4.69) is 4.98 Å². The molecule has 1 aromatic rings. The molecule has 0 saturated heterocycles. The minimum atomic E-state index is -0.0309. The molecule has 0 radical (unpaired) electrons. The summed E-state index contributed by atoms with van der Waals surface area (Å²) >= 11 is 0. The minimum absolute atomic E-state index is 0.0309. The monoisotopic (exact) mass is 236 g/mol. The zero-order chi connectivity index (χ0) is 12.4. The summed E-state index contributed by atoms with van der Waals surface area (Å²) in [5.74, 6) is 1.14. The highest BCUT2D eigenvalue weighted by Crippen LogP contribution is 2.35. The molecule has 0 aromatic carbocycles. The Labute approximate surface area is 101 Å². The van der Waals surface area contributed by atoms with E-state index in [4.69, 9.17) is 5.73 Å². The van der Waals surface area contributed by atoms with Crippen LogP contribution in [0.5, 0.6) is 0 Å². The minimum Gasteiger partial charge on any atom is -0.351 e. The zero-order valence-electron chi connectivity index (χ0n) is 10.5. The van der Waals surface area contributed by atoms with Gasteiger partial charge in [0.25, 0.3) is 5.56 Å². The van der Waals surface area contributed by atoms with Crippen molar-refractivity contribution in [2.24, 2.45) is 11.7 Å². The SMILES string of the molecule is CCn1ccnc(N(C)C(CN)C2CC2)c1=O. The van der Waals surface area contributed by atoms with Crippen LogP contribution in [0.2, 0.25) is 0 Å². The van der Waals surface area contributed by atoms with Gasteiger partial charge in [-0.05, 0) is 25.7 Å². The summed E-state index contributed by atoms with van der Waals surface area (Å²) in [6.45, 7) is 3.19. The Morgan fingerprint density at radius 1 is 1.65 bits per heavy atom. The van der Waals surface area contributed by atoms with Gasteiger partial charge < -0.3 is 15.2 Å². The number of aromatic nitrogens is 2. The Morgan fingerprint density at radius 3 is 2.88 bits per heavy atom. The van der Waals surface area contributed by atoms with E-state index in [0.717, 1.165) is 0 Å². The molecule has 2 rings (SSSR count). The van der Waals surface area contributed by atoms with Gasteiger partial charge in [-0.25, -0.2) is 4.98 Å². The van der Waals surface area contributed by atoms with Crippen LogP contribution in [0.4, 0.5) is 5.82 Å². The number of likely N-dealkylation sites (N-methyl/N-ethyl adjacent to an activating group) is 1. The van der Waals surface area contributed by atoms with Gasteiger partial charge >= 0.3 is 0 Å². The third-order valence-electron chi connectivity index (χ3n) is 3.48. The predicted molar refractivity (Wildman–Crippen MR) is 68.1 cm³/mol. The number of aryl methyl sites for hydroxylation is 1. The Kier molecular flexibility index (Phi) is 3.47. The van der Waals surface area contributed by atoms with Gasteiger partial charge in [0.05, 0.1) is 0 Å². The Bertz CT molecular complexity index is 438. The Hall–Kier alpha value is -1.36. The maximum Gasteiger partial charge on any atom is 0.293 e. The van der Waals surface area contributed by atoms with Gasteiger partial charge in [-0.1, -0.05) is 0 Å². The normalized spacial score (nSPS) is 16.9. The molecule has 1 aromatic heterocycles. The van der Waals surface area contributed by atoms with Crippen LogP contribution < -0.4 is 16.2 Å². The van der Waals surface area contributed by atoms with E-state index in [1.807, 2.05) is 18.9 Å². The fourth-order valence-corrected chi connectivity index (χ4v) is 2.23. The predicted octanol–water partition coefficient (Wildman–Crippen LogP) is 0.437. The van der Waals surface area contributed by atoms with Crippen molar-refractivity contribution in [1.82, 2.24) is 9.55 Å². The van der Waals surface area contributed by atoms with Crippen LogP contribution in [0.15, 0.2) is 17.2 Å². The second kappa shape index (κ2) is 4.87. The molecule has 1 unspecified atom stereocenters. The van der Waals surface area contributed by atoms with Crippen molar-refractivity contribution < 1.29 is 0 Å². The quantitative estimate of drug-likeness (QED) is 0.805. The molecule has 94 valence electrons. The van der Waals surface area contributed by atoms with Crippen molar-refractivity contribution in [3.8, 4) is 0 Å². The fourth-order valence-electron chi connectivity index (χ4n) is 2.23. The summed E-state index contributed by atoms with van der Waals surface area (Å²) in [5, 5.41) is 0. The van der Waals surface area contributed by atoms with Crippen molar-refractivity contribution >= 4 is 5.82 Å². The molecule has 1 fully saturated rings. The fraction of sp³-hybridized carbons (Fsp3) is 0.667. The number of nitrogens with two attached hydrogens (primary N) is 1. The second-order valence-corrected chi connectivity index (χ2v) is 4.59. The van der Waals surface area contributed by atoms with Crippen LogP contribution >= 0.6 is 0 Å². The summed E-state index contributed by atoms with van der Waals surface area (Å²) in [6.07, 6.45) is 5.81. The molecule has 0 amide bonds. The summed E-state index contributed by atoms with van der Waals surface area (Å²) in [5.41, 5.74) is 5.76. The van der Waals surface area contributed by atoms with Crippen molar-refractivity contribution in [2.45, 2.75) is 32.4 Å². The number of nitrogens with zero attached hydrogens (tertiary/aromatic N) is 3. The molecule has 0 bridgehead atoms. The van der Waals surface area contributed by atoms with Crippen molar-refractivity contribution in [2.75, 3.05) is 18.5 Å². The number of rotatable bonds is 5. The van der Waals surface area contributed by atoms with Gasteiger partial charge in [0.1, 0.15) is 0 Å². The molecule has 1 saturated carbocycles. The molecule has 5 heteroatoms. The summed E-state index contributed by atoms with van der Waals surface area (Å²) < 4.78 is 1.67. The molecule has 1 atom stereocenters. The van der Waals surface area contributed by atoms with Crippen molar-refractivity contribution in [1.29, 1.82) is 0 Å². The summed E-state index contributed by atoms with van der Waals surface area (Å²) in [6, 6.07) is 0.239. The van der Waals surface area contributed by atoms with E-state index in [0.29, 0.717) is 24.8 Å². The summed E-state index contributed by atoms with van der Waals surface area (Å²) in [4.78, 5) is 18.3. The average Bonchev–Trinajstić information content (AvgIpc) is 3.14. The molecule has 1 aliphatic carbocycles. The molecule has 0 spiro atoms. The molecule has 1 heterocycles. The van der Waals surface area contributed by atoms with Gasteiger partial charge in [0.2, 0.25) is 0 Å². The number of hydrogen-bond acceptors (Lipinski definition) is 4. The molecule has 2 N–H and O–H groups in total. The maximum absolute atomic E-state index is 12.1. The van der Waals surface area contributed by atoms with E-state index >= 15 is 0 Å². The average molecular weight is 236 g/mol. The van der Waals surface area contributed by atoms with Crippen LogP contribution in [-0.2, 0) is 6.54 Å². The van der Waals surface area contributed by atoms with Gasteiger partial charge in [0.15, 0.2) is 5.82 Å². The molecule has 1 aliphatic rings. The van der Waals surface area contributed by atoms with E-state index in [1.54, 1.807) is 17.0 Å². The van der Waals surface area contributed by atoms with Crippen LogP contribution in [0.25, 0.3) is 0 Å². The van der Waals surface area contributed by atoms with Crippen LogP contribution in [0.3, 0.4) is 0 Å². The lowest BCUT2D eigenvalue weighted by Crippen LogP contribution is -2.43. The molecule has 0 aliphatic heterocycles. The molecule has 17 heavy (non-hydrogen) atoms. The number of hydrogen-bond donors (Lipinski definition) is 1. The largest absolute Gasteiger partial charge is 0.351 e. The van der Waals surface area contributed by atoms with Gasteiger partial charge in [-0.3, -0.25) is 4.79 Å². The van der Waals surface area contributed by atoms with Crippen LogP contribution in [0.1, 0.15) is 19.8 Å². The van der Waals surface area contributed by atoms with E-state index in [9.17, 15) is 4.79 Å². The lowest BCUT2D eigenvalue weighted by molar-refractivity contribution is 0.560. The first kappa shape index (κ1) is 12.1. The third-order valence-corrected chi connectivity index (χ3v) is 3.48. The Balaban J connectivity index is 2.29. The van der Waals surface area contributed by atoms with E-state index in [1.165, 1.54) is 12.8 Å². The molecule has 5 nitrogen and oxygen atoms in total. The van der Waals surface area contributed by atoms with Crippen LogP contribution in [0, 0.1) is 5.92 Å². The highest BCUT2D eigenvalue weighted by atomic mass is 16.1. The Morgan fingerprint density at radius 2 is 2.35 bits per heavy atom. The second-order valence-electron chi connectivity index (χ2n) is 4.59. The first-order valence-electron chi connectivity index (χ1n) is 6.17. The van der Waals surface area contributed by atoms with Crippen molar-refractivity contribution in [3.05, 3.63) is 22.7 Å². The van der Waals surface area contributed by atoms with E-state index < -0.39 is 0 Å². The maximum atomic E-state index is 12.1. The van der Waals surface area contributed by atoms with Gasteiger partial charge in [0, 0.05) is 38.6 Å². The molecular weight excluding hydrogens is 216 g/mol. The number of anilines is 1. The summed E-state index contributed by atoms with van der Waals surface area (Å²) in [7, 11) is 1.92. The third kappa shape index (κ3) is 2.34. The zero-order valence-corrected chi connectivity index (χ0v) is 10.5. The van der Waals surface area contributed by atoms with E-state index in [-0.39, 0.29) is 11.6 Å². The van der Waals surface area contributed by atoms with Crippen LogP contribution in [-0.4, -0.2) is 29.2 Å². The first-order chi connectivity index (χ1) is 8.19. The first-order valence-corrected chi connectivity index (χ1v) is 6.17. The van der Waals surface area contributed by atoms with Crippen molar-refractivity contribution in [3.63, 3.8) is 0 Å². The topological polar surface area (TPSA) is 64.2 Å². The molecular formula is C12H20N4O. The standard InChI is InChI=1S/C12H20N4O/c1-3-16-7-6-14-11(12(16)17)15(2)10(8-13)9-4-5-9/h6-7,9-10H,3-5,8,13H2,1-2H3. The highest BCUT2D eigenvalue weighted by Gasteiger charge is 2.34. The van der Waals surface area contributed by atoms with Gasteiger partial charge in [-0.2, -0.15) is 0 Å². The highest BCUT2D eigenvalue weighted by molar-refractivity contribution is 5.37. The van der Waals surface area contributed by atoms with Gasteiger partial charge in [-0.15, -0.1) is 0 Å².